The second kappa shape index (κ2) is 4.56. The summed E-state index contributed by atoms with van der Waals surface area (Å²) in [6.07, 6.45) is 4.83. The topological polar surface area (TPSA) is 94.5 Å². The molecule has 0 unspecified atom stereocenters. The number of aromatic nitrogens is 5. The molecule has 2 aromatic rings. The Morgan fingerprint density at radius 2 is 2.19 bits per heavy atom. The fourth-order valence-corrected chi connectivity index (χ4v) is 1.33. The van der Waals surface area contributed by atoms with Crippen molar-refractivity contribution in [3.05, 3.63) is 24.5 Å². The zero-order valence-electron chi connectivity index (χ0n) is 8.96. The van der Waals surface area contributed by atoms with E-state index < -0.39 is 0 Å². The Hall–Kier alpha value is -2.18. The third kappa shape index (κ3) is 2.08. The number of nitrogen functional groups attached to an aromatic ring is 1. The lowest BCUT2D eigenvalue weighted by Gasteiger charge is -2.07. The Balaban J connectivity index is 2.05. The van der Waals surface area contributed by atoms with Crippen LogP contribution in [0.4, 0.5) is 11.6 Å². The molecule has 0 atom stereocenters. The highest BCUT2D eigenvalue weighted by atomic mass is 15.3. The van der Waals surface area contributed by atoms with Crippen LogP contribution in [0.2, 0.25) is 0 Å². The van der Waals surface area contributed by atoms with Crippen molar-refractivity contribution in [2.45, 2.75) is 20.0 Å². The molecular weight excluding hydrogens is 206 g/mol. The van der Waals surface area contributed by atoms with E-state index in [-0.39, 0.29) is 0 Å². The zero-order valence-corrected chi connectivity index (χ0v) is 8.96. The Morgan fingerprint density at radius 1 is 1.38 bits per heavy atom. The van der Waals surface area contributed by atoms with Gasteiger partial charge in [-0.15, -0.1) is 10.2 Å². The van der Waals surface area contributed by atoms with Gasteiger partial charge in [0.25, 0.3) is 0 Å². The number of nitrogens with zero attached hydrogens (tertiary/aromatic N) is 5. The van der Waals surface area contributed by atoms with Gasteiger partial charge in [0.15, 0.2) is 17.5 Å². The SMILES string of the molecule is CCn1cnnc1CNc1nccnc1N. The largest absolute Gasteiger partial charge is 0.381 e. The third-order valence-electron chi connectivity index (χ3n) is 2.18. The first kappa shape index (κ1) is 10.3. The molecule has 16 heavy (non-hydrogen) atoms. The zero-order chi connectivity index (χ0) is 11.4. The molecule has 0 aliphatic rings. The summed E-state index contributed by atoms with van der Waals surface area (Å²) in [6.45, 7) is 3.39. The highest BCUT2D eigenvalue weighted by molar-refractivity contribution is 5.54. The maximum atomic E-state index is 5.65. The van der Waals surface area contributed by atoms with Crippen LogP contribution in [0, 0.1) is 0 Å². The number of hydrogen-bond acceptors (Lipinski definition) is 6. The second-order valence-electron chi connectivity index (χ2n) is 3.18. The average molecular weight is 219 g/mol. The molecule has 0 aromatic carbocycles. The first-order chi connectivity index (χ1) is 7.81. The lowest BCUT2D eigenvalue weighted by atomic mass is 10.5. The van der Waals surface area contributed by atoms with E-state index in [1.54, 1.807) is 18.7 Å². The van der Waals surface area contributed by atoms with Gasteiger partial charge in [0.2, 0.25) is 0 Å². The van der Waals surface area contributed by atoms with Crippen LogP contribution in [-0.2, 0) is 13.1 Å². The Labute approximate surface area is 92.7 Å². The van der Waals surface area contributed by atoms with Crippen LogP contribution < -0.4 is 11.1 Å². The summed E-state index contributed by atoms with van der Waals surface area (Å²) in [7, 11) is 0. The normalized spacial score (nSPS) is 10.3. The quantitative estimate of drug-likeness (QED) is 0.767. The first-order valence-electron chi connectivity index (χ1n) is 4.98. The molecule has 7 nitrogen and oxygen atoms in total. The number of hydrogen-bond donors (Lipinski definition) is 2. The monoisotopic (exact) mass is 219 g/mol. The number of anilines is 2. The van der Waals surface area contributed by atoms with Gasteiger partial charge in [-0.25, -0.2) is 9.97 Å². The molecule has 0 bridgehead atoms. The van der Waals surface area contributed by atoms with Gasteiger partial charge < -0.3 is 15.6 Å². The van der Waals surface area contributed by atoms with Crippen LogP contribution in [-0.4, -0.2) is 24.7 Å². The van der Waals surface area contributed by atoms with Crippen LogP contribution >= 0.6 is 0 Å². The minimum absolute atomic E-state index is 0.380. The van der Waals surface area contributed by atoms with E-state index in [0.29, 0.717) is 18.2 Å². The standard InChI is InChI=1S/C9H13N7/c1-2-16-6-14-15-7(16)5-13-9-8(10)11-3-4-12-9/h3-4,6H,2,5H2,1H3,(H2,10,11)(H,12,13). The van der Waals surface area contributed by atoms with Crippen molar-refractivity contribution in [2.24, 2.45) is 0 Å². The highest BCUT2D eigenvalue weighted by Crippen LogP contribution is 2.10. The summed E-state index contributed by atoms with van der Waals surface area (Å²) in [5, 5.41) is 10.9. The summed E-state index contributed by atoms with van der Waals surface area (Å²) in [6, 6.07) is 0. The molecule has 0 spiro atoms. The number of rotatable bonds is 4. The van der Waals surface area contributed by atoms with Crippen LogP contribution in [0.5, 0.6) is 0 Å². The minimum Gasteiger partial charge on any atom is -0.381 e. The lowest BCUT2D eigenvalue weighted by molar-refractivity contribution is 0.707. The van der Waals surface area contributed by atoms with Crippen LogP contribution in [0.3, 0.4) is 0 Å². The van der Waals surface area contributed by atoms with Gasteiger partial charge >= 0.3 is 0 Å². The number of nitrogens with one attached hydrogen (secondary N) is 1. The van der Waals surface area contributed by atoms with Gasteiger partial charge in [-0.1, -0.05) is 0 Å². The fourth-order valence-electron chi connectivity index (χ4n) is 1.33. The first-order valence-corrected chi connectivity index (χ1v) is 4.98. The summed E-state index contributed by atoms with van der Waals surface area (Å²) >= 11 is 0. The molecule has 0 radical (unpaired) electrons. The van der Waals surface area contributed by atoms with Crippen molar-refractivity contribution in [2.75, 3.05) is 11.1 Å². The highest BCUT2D eigenvalue weighted by Gasteiger charge is 2.04. The van der Waals surface area contributed by atoms with Crippen molar-refractivity contribution in [1.29, 1.82) is 0 Å². The predicted octanol–water partition coefficient (Wildman–Crippen LogP) is 0.282. The smallest absolute Gasteiger partial charge is 0.169 e. The van der Waals surface area contributed by atoms with Gasteiger partial charge in [0, 0.05) is 18.9 Å². The molecule has 0 aliphatic carbocycles. The predicted molar refractivity (Wildman–Crippen MR) is 59.5 cm³/mol. The molecule has 7 heteroatoms. The number of nitrogens with two attached hydrogens (primary N) is 1. The Bertz CT molecular complexity index is 464. The van der Waals surface area contributed by atoms with Crippen LogP contribution in [0.25, 0.3) is 0 Å². The molecule has 0 aliphatic heterocycles. The summed E-state index contributed by atoms with van der Waals surface area (Å²) < 4.78 is 1.94. The van der Waals surface area contributed by atoms with Gasteiger partial charge in [-0.3, -0.25) is 0 Å². The van der Waals surface area contributed by atoms with Crippen molar-refractivity contribution in [1.82, 2.24) is 24.7 Å². The molecule has 2 heterocycles. The Kier molecular flexibility index (Phi) is 2.95. The van der Waals surface area contributed by atoms with Crippen LogP contribution in [0.15, 0.2) is 18.7 Å². The van der Waals surface area contributed by atoms with Crippen molar-refractivity contribution in [3.63, 3.8) is 0 Å². The molecule has 0 fully saturated rings. The molecule has 3 N–H and O–H groups in total. The maximum Gasteiger partial charge on any atom is 0.169 e. The molecule has 2 aromatic heterocycles. The van der Waals surface area contributed by atoms with E-state index in [1.165, 1.54) is 0 Å². The fraction of sp³-hybridized carbons (Fsp3) is 0.333. The molecule has 0 amide bonds. The summed E-state index contributed by atoms with van der Waals surface area (Å²) in [5.41, 5.74) is 5.65. The molecular formula is C9H13N7. The summed E-state index contributed by atoms with van der Waals surface area (Å²) in [4.78, 5) is 8.01. The lowest BCUT2D eigenvalue weighted by Crippen LogP contribution is -2.10. The van der Waals surface area contributed by atoms with E-state index in [9.17, 15) is 0 Å². The molecule has 0 saturated heterocycles. The molecule has 84 valence electrons. The number of aryl methyl sites for hydroxylation is 1. The minimum atomic E-state index is 0.380. The maximum absolute atomic E-state index is 5.65. The van der Waals surface area contributed by atoms with Gasteiger partial charge in [-0.2, -0.15) is 0 Å². The summed E-state index contributed by atoms with van der Waals surface area (Å²) in [5.74, 6) is 1.78. The third-order valence-corrected chi connectivity index (χ3v) is 2.18. The van der Waals surface area contributed by atoms with Crippen molar-refractivity contribution in [3.8, 4) is 0 Å². The molecule has 2 rings (SSSR count). The van der Waals surface area contributed by atoms with Crippen LogP contribution in [0.1, 0.15) is 12.7 Å². The second-order valence-corrected chi connectivity index (χ2v) is 3.18. The van der Waals surface area contributed by atoms with E-state index in [2.05, 4.69) is 25.5 Å². The van der Waals surface area contributed by atoms with Gasteiger partial charge in [-0.05, 0) is 6.92 Å². The van der Waals surface area contributed by atoms with Crippen molar-refractivity contribution >= 4 is 11.6 Å². The van der Waals surface area contributed by atoms with Gasteiger partial charge in [0.05, 0.1) is 6.54 Å². The van der Waals surface area contributed by atoms with E-state index in [1.807, 2.05) is 11.5 Å². The van der Waals surface area contributed by atoms with E-state index in [4.69, 9.17) is 5.73 Å². The van der Waals surface area contributed by atoms with E-state index >= 15 is 0 Å². The van der Waals surface area contributed by atoms with E-state index in [0.717, 1.165) is 12.4 Å². The van der Waals surface area contributed by atoms with Crippen molar-refractivity contribution < 1.29 is 0 Å². The molecule has 0 saturated carbocycles. The van der Waals surface area contributed by atoms with Gasteiger partial charge in [0.1, 0.15) is 6.33 Å². The average Bonchev–Trinajstić information content (AvgIpc) is 2.75. The Morgan fingerprint density at radius 3 is 2.94 bits per heavy atom.